The van der Waals surface area contributed by atoms with E-state index >= 15 is 0 Å². The molecule has 0 saturated carbocycles. The lowest BCUT2D eigenvalue weighted by atomic mass is 10.1. The van der Waals surface area contributed by atoms with E-state index in [4.69, 9.17) is 16.3 Å². The van der Waals surface area contributed by atoms with Crippen molar-refractivity contribution in [2.45, 2.75) is 12.1 Å². The molecule has 3 aromatic rings. The summed E-state index contributed by atoms with van der Waals surface area (Å²) in [6, 6.07) is 12.7. The molecular weight excluding hydrogens is 372 g/mol. The summed E-state index contributed by atoms with van der Waals surface area (Å²) < 4.78 is 7.23. The fraction of sp³-hybridized carbons (Fsp3) is 0.111. The molecule has 1 aliphatic heterocycles. The van der Waals surface area contributed by atoms with E-state index in [2.05, 4.69) is 15.6 Å². The molecule has 8 heteroatoms. The van der Waals surface area contributed by atoms with E-state index in [1.165, 1.54) is 11.8 Å². The van der Waals surface area contributed by atoms with Gasteiger partial charge in [0, 0.05) is 11.0 Å². The standard InChI is InChI=1S/C18H15ClN4O2S/c1-2-25-16-8-7-11(9-13(16)19)14-10-26-18-21-20-17(23(18)22-14)12-5-3-4-6-15(12)24/h3-10,22,24H,2H2,1H3. The van der Waals surface area contributed by atoms with Crippen LogP contribution in [-0.4, -0.2) is 26.6 Å². The zero-order chi connectivity index (χ0) is 18.1. The predicted octanol–water partition coefficient (Wildman–Crippen LogP) is 4.35. The first kappa shape index (κ1) is 16.8. The van der Waals surface area contributed by atoms with Crippen LogP contribution in [0.1, 0.15) is 12.5 Å². The Labute approximate surface area is 159 Å². The molecule has 132 valence electrons. The van der Waals surface area contributed by atoms with Gasteiger partial charge in [0.15, 0.2) is 5.82 Å². The third kappa shape index (κ3) is 3.00. The number of hydrogen-bond acceptors (Lipinski definition) is 6. The van der Waals surface area contributed by atoms with E-state index in [0.717, 1.165) is 11.3 Å². The lowest BCUT2D eigenvalue weighted by Crippen LogP contribution is -2.18. The van der Waals surface area contributed by atoms with Crippen LogP contribution in [0, 0.1) is 0 Å². The Balaban J connectivity index is 1.67. The van der Waals surface area contributed by atoms with Gasteiger partial charge in [0.2, 0.25) is 5.16 Å². The quantitative estimate of drug-likeness (QED) is 0.694. The van der Waals surface area contributed by atoms with Crippen molar-refractivity contribution in [3.63, 3.8) is 0 Å². The molecule has 6 nitrogen and oxygen atoms in total. The van der Waals surface area contributed by atoms with Gasteiger partial charge in [0.05, 0.1) is 22.9 Å². The molecule has 0 unspecified atom stereocenters. The second-order valence-corrected chi connectivity index (χ2v) is 6.74. The maximum atomic E-state index is 10.1. The van der Waals surface area contributed by atoms with E-state index in [1.54, 1.807) is 22.9 Å². The van der Waals surface area contributed by atoms with E-state index < -0.39 is 0 Å². The number of phenolic OH excluding ortho intramolecular Hbond substituents is 1. The van der Waals surface area contributed by atoms with Crippen LogP contribution in [0.4, 0.5) is 0 Å². The smallest absolute Gasteiger partial charge is 0.214 e. The van der Waals surface area contributed by atoms with Gasteiger partial charge in [-0.05, 0) is 37.3 Å². The first-order valence-electron chi connectivity index (χ1n) is 7.97. The number of rotatable bonds is 4. The number of phenols is 1. The number of para-hydroxylation sites is 1. The molecule has 1 aromatic heterocycles. The van der Waals surface area contributed by atoms with Crippen LogP contribution in [0.5, 0.6) is 11.5 Å². The number of fused-ring (bicyclic) bond motifs is 1. The summed E-state index contributed by atoms with van der Waals surface area (Å²) in [7, 11) is 0. The minimum atomic E-state index is 0.148. The second-order valence-electron chi connectivity index (χ2n) is 5.50. The highest BCUT2D eigenvalue weighted by Gasteiger charge is 2.21. The highest BCUT2D eigenvalue weighted by Crippen LogP contribution is 2.35. The first-order valence-corrected chi connectivity index (χ1v) is 9.23. The van der Waals surface area contributed by atoms with Crippen molar-refractivity contribution < 1.29 is 9.84 Å². The molecule has 0 aliphatic carbocycles. The molecule has 0 radical (unpaired) electrons. The Morgan fingerprint density at radius 1 is 1.23 bits per heavy atom. The highest BCUT2D eigenvalue weighted by atomic mass is 35.5. The highest BCUT2D eigenvalue weighted by molar-refractivity contribution is 8.02. The molecule has 2 aromatic carbocycles. The van der Waals surface area contributed by atoms with Gasteiger partial charge in [-0.15, -0.1) is 10.2 Å². The third-order valence-electron chi connectivity index (χ3n) is 3.84. The topological polar surface area (TPSA) is 72.2 Å². The first-order chi connectivity index (χ1) is 12.7. The average molecular weight is 387 g/mol. The van der Waals surface area contributed by atoms with E-state index in [0.29, 0.717) is 33.9 Å². The van der Waals surface area contributed by atoms with Crippen molar-refractivity contribution in [2.75, 3.05) is 12.0 Å². The molecule has 2 heterocycles. The summed E-state index contributed by atoms with van der Waals surface area (Å²) in [5.74, 6) is 1.34. The lowest BCUT2D eigenvalue weighted by Gasteiger charge is -2.20. The Morgan fingerprint density at radius 3 is 2.85 bits per heavy atom. The molecule has 2 N–H and O–H groups in total. The lowest BCUT2D eigenvalue weighted by molar-refractivity contribution is 0.340. The van der Waals surface area contributed by atoms with Crippen molar-refractivity contribution in [2.24, 2.45) is 0 Å². The molecule has 0 amide bonds. The number of hydrogen-bond donors (Lipinski definition) is 2. The molecule has 26 heavy (non-hydrogen) atoms. The number of aromatic nitrogens is 3. The minimum absolute atomic E-state index is 0.148. The number of nitrogens with one attached hydrogen (secondary N) is 1. The van der Waals surface area contributed by atoms with E-state index in [1.807, 2.05) is 36.6 Å². The van der Waals surface area contributed by atoms with Gasteiger partial charge in [-0.25, -0.2) is 4.68 Å². The number of halogens is 1. The Morgan fingerprint density at radius 2 is 2.08 bits per heavy atom. The molecule has 0 spiro atoms. The number of nitrogens with zero attached hydrogens (tertiary/aromatic N) is 3. The van der Waals surface area contributed by atoms with Crippen LogP contribution >= 0.6 is 23.4 Å². The minimum Gasteiger partial charge on any atom is -0.507 e. The predicted molar refractivity (Wildman–Crippen MR) is 103 cm³/mol. The van der Waals surface area contributed by atoms with Gasteiger partial charge in [-0.1, -0.05) is 35.5 Å². The zero-order valence-electron chi connectivity index (χ0n) is 13.8. The van der Waals surface area contributed by atoms with Gasteiger partial charge in [-0.2, -0.15) is 0 Å². The van der Waals surface area contributed by atoms with Gasteiger partial charge >= 0.3 is 0 Å². The van der Waals surface area contributed by atoms with Gasteiger partial charge in [0.1, 0.15) is 11.5 Å². The van der Waals surface area contributed by atoms with Crippen molar-refractivity contribution in [1.29, 1.82) is 0 Å². The monoisotopic (exact) mass is 386 g/mol. The van der Waals surface area contributed by atoms with Crippen LogP contribution in [-0.2, 0) is 0 Å². The van der Waals surface area contributed by atoms with Gasteiger partial charge in [0.25, 0.3) is 0 Å². The maximum Gasteiger partial charge on any atom is 0.214 e. The zero-order valence-corrected chi connectivity index (χ0v) is 15.4. The molecule has 0 fully saturated rings. The van der Waals surface area contributed by atoms with Crippen molar-refractivity contribution in [3.05, 3.63) is 58.5 Å². The molecule has 0 bridgehead atoms. The van der Waals surface area contributed by atoms with Gasteiger partial charge in [-0.3, -0.25) is 5.43 Å². The fourth-order valence-corrected chi connectivity index (χ4v) is 3.59. The molecule has 0 atom stereocenters. The summed E-state index contributed by atoms with van der Waals surface area (Å²) in [6.45, 7) is 2.48. The van der Waals surface area contributed by atoms with Crippen LogP contribution in [0.15, 0.2) is 53.0 Å². The van der Waals surface area contributed by atoms with E-state index in [-0.39, 0.29) is 5.75 Å². The SMILES string of the molecule is CCOc1ccc(C2=CSc3nnc(-c4ccccc4O)n3N2)cc1Cl. The summed E-state index contributed by atoms with van der Waals surface area (Å²) in [6.07, 6.45) is 0. The number of thioether (sulfide) groups is 1. The van der Waals surface area contributed by atoms with Crippen molar-refractivity contribution in [1.82, 2.24) is 14.9 Å². The molecular formula is C18H15ClN4O2S. The summed E-state index contributed by atoms with van der Waals surface area (Å²) in [4.78, 5) is 0. The number of aromatic hydroxyl groups is 1. The van der Waals surface area contributed by atoms with Crippen LogP contribution < -0.4 is 10.2 Å². The normalized spacial score (nSPS) is 12.9. The van der Waals surface area contributed by atoms with Crippen LogP contribution in [0.3, 0.4) is 0 Å². The van der Waals surface area contributed by atoms with Crippen molar-refractivity contribution >= 4 is 29.1 Å². The summed E-state index contributed by atoms with van der Waals surface area (Å²) in [5, 5.41) is 21.7. The van der Waals surface area contributed by atoms with Crippen LogP contribution in [0.2, 0.25) is 5.02 Å². The Hall–Kier alpha value is -2.64. The Kier molecular flexibility index (Phi) is 4.48. The molecule has 1 aliphatic rings. The fourth-order valence-electron chi connectivity index (χ4n) is 2.62. The third-order valence-corrected chi connectivity index (χ3v) is 4.96. The number of benzene rings is 2. The summed E-state index contributed by atoms with van der Waals surface area (Å²) in [5.41, 5.74) is 5.65. The average Bonchev–Trinajstić information content (AvgIpc) is 3.07. The molecule has 4 rings (SSSR count). The largest absolute Gasteiger partial charge is 0.507 e. The maximum absolute atomic E-state index is 10.1. The molecule has 0 saturated heterocycles. The summed E-state index contributed by atoms with van der Waals surface area (Å²) >= 11 is 7.75. The number of ether oxygens (including phenoxy) is 1. The second kappa shape index (κ2) is 6.93. The van der Waals surface area contributed by atoms with E-state index in [9.17, 15) is 5.11 Å². The van der Waals surface area contributed by atoms with Crippen molar-refractivity contribution in [3.8, 4) is 22.9 Å². The Bertz CT molecular complexity index is 1000. The van der Waals surface area contributed by atoms with Gasteiger partial charge < -0.3 is 9.84 Å². The van der Waals surface area contributed by atoms with Crippen LogP contribution in [0.25, 0.3) is 17.1 Å².